The van der Waals surface area contributed by atoms with Crippen molar-refractivity contribution in [3.8, 4) is 0 Å². The smallest absolute Gasteiger partial charge is 0.00955 e. The topological polar surface area (TPSA) is 12.0 Å². The summed E-state index contributed by atoms with van der Waals surface area (Å²) in [6.45, 7) is 11.8. The van der Waals surface area contributed by atoms with Crippen LogP contribution in [-0.4, -0.2) is 12.1 Å². The van der Waals surface area contributed by atoms with Crippen LogP contribution in [0.25, 0.3) is 0 Å². The number of rotatable bonds is 4. The van der Waals surface area contributed by atoms with Crippen molar-refractivity contribution in [3.63, 3.8) is 0 Å². The molecule has 1 rings (SSSR count). The van der Waals surface area contributed by atoms with Crippen molar-refractivity contribution in [2.75, 3.05) is 0 Å². The van der Waals surface area contributed by atoms with Gasteiger partial charge in [-0.1, -0.05) is 34.6 Å². The molecule has 4 atom stereocenters. The van der Waals surface area contributed by atoms with Gasteiger partial charge in [0.05, 0.1) is 0 Å². The Morgan fingerprint density at radius 1 is 1.20 bits per heavy atom. The zero-order valence-electron chi connectivity index (χ0n) is 11.2. The van der Waals surface area contributed by atoms with Crippen LogP contribution in [0, 0.1) is 17.8 Å². The molecule has 0 radical (unpaired) electrons. The van der Waals surface area contributed by atoms with Gasteiger partial charge >= 0.3 is 0 Å². The Hall–Kier alpha value is -0.0400. The second-order valence-electron chi connectivity index (χ2n) is 5.93. The van der Waals surface area contributed by atoms with E-state index in [1.54, 1.807) is 0 Å². The summed E-state index contributed by atoms with van der Waals surface area (Å²) in [6.07, 6.45) is 5.46. The molecule has 90 valence electrons. The Labute approximate surface area is 96.0 Å². The van der Waals surface area contributed by atoms with Gasteiger partial charge < -0.3 is 5.32 Å². The molecule has 0 bridgehead atoms. The van der Waals surface area contributed by atoms with Crippen LogP contribution in [0.15, 0.2) is 0 Å². The second-order valence-corrected chi connectivity index (χ2v) is 5.93. The molecule has 0 aromatic carbocycles. The molecule has 1 saturated carbocycles. The maximum Gasteiger partial charge on any atom is 0.00955 e. The molecule has 0 aromatic heterocycles. The summed E-state index contributed by atoms with van der Waals surface area (Å²) in [4.78, 5) is 0. The zero-order chi connectivity index (χ0) is 11.4. The van der Waals surface area contributed by atoms with Crippen molar-refractivity contribution in [1.82, 2.24) is 5.32 Å². The standard InChI is InChI=1S/C14H29N/c1-6-13(10(2)3)15-14-8-7-11(4)9-12(14)5/h10-15H,6-9H2,1-5H3. The second kappa shape index (κ2) is 5.89. The number of hydrogen-bond acceptors (Lipinski definition) is 1. The van der Waals surface area contributed by atoms with E-state index in [1.807, 2.05) is 0 Å². The van der Waals surface area contributed by atoms with Gasteiger partial charge in [-0.2, -0.15) is 0 Å². The van der Waals surface area contributed by atoms with Gasteiger partial charge in [0, 0.05) is 12.1 Å². The van der Waals surface area contributed by atoms with Crippen molar-refractivity contribution < 1.29 is 0 Å². The molecule has 4 unspecified atom stereocenters. The molecular weight excluding hydrogens is 182 g/mol. The molecule has 1 N–H and O–H groups in total. The molecular formula is C14H29N. The van der Waals surface area contributed by atoms with E-state index in [-0.39, 0.29) is 0 Å². The zero-order valence-corrected chi connectivity index (χ0v) is 11.2. The predicted molar refractivity (Wildman–Crippen MR) is 68.0 cm³/mol. The lowest BCUT2D eigenvalue weighted by atomic mass is 9.79. The largest absolute Gasteiger partial charge is 0.311 e. The van der Waals surface area contributed by atoms with E-state index in [0.29, 0.717) is 6.04 Å². The molecule has 0 saturated heterocycles. The van der Waals surface area contributed by atoms with Crippen molar-refractivity contribution in [2.45, 2.75) is 72.4 Å². The molecule has 1 fully saturated rings. The van der Waals surface area contributed by atoms with Crippen LogP contribution in [-0.2, 0) is 0 Å². The van der Waals surface area contributed by atoms with Crippen LogP contribution in [0.1, 0.15) is 60.3 Å². The van der Waals surface area contributed by atoms with E-state index in [2.05, 4.69) is 39.9 Å². The third kappa shape index (κ3) is 3.79. The van der Waals surface area contributed by atoms with E-state index >= 15 is 0 Å². The Morgan fingerprint density at radius 2 is 1.87 bits per heavy atom. The van der Waals surface area contributed by atoms with Gasteiger partial charge in [-0.3, -0.25) is 0 Å². The minimum absolute atomic E-state index is 0.714. The first-order valence-electron chi connectivity index (χ1n) is 6.80. The van der Waals surface area contributed by atoms with E-state index in [0.717, 1.165) is 23.8 Å². The molecule has 1 aliphatic rings. The lowest BCUT2D eigenvalue weighted by Crippen LogP contribution is -2.46. The SMILES string of the molecule is CCC(NC1CCC(C)CC1C)C(C)C. The van der Waals surface area contributed by atoms with Crippen molar-refractivity contribution in [2.24, 2.45) is 17.8 Å². The summed E-state index contributed by atoms with van der Waals surface area (Å²) < 4.78 is 0. The molecule has 1 aliphatic carbocycles. The molecule has 15 heavy (non-hydrogen) atoms. The van der Waals surface area contributed by atoms with Gasteiger partial charge in [-0.25, -0.2) is 0 Å². The first kappa shape index (κ1) is 13.0. The summed E-state index contributed by atoms with van der Waals surface area (Å²) in [6, 6.07) is 1.49. The Morgan fingerprint density at radius 3 is 2.33 bits per heavy atom. The minimum atomic E-state index is 0.714. The predicted octanol–water partition coefficient (Wildman–Crippen LogP) is 3.84. The summed E-state index contributed by atoms with van der Waals surface area (Å²) in [5, 5.41) is 3.88. The highest BCUT2D eigenvalue weighted by Crippen LogP contribution is 2.29. The molecule has 1 nitrogen and oxygen atoms in total. The van der Waals surface area contributed by atoms with Crippen molar-refractivity contribution in [3.05, 3.63) is 0 Å². The highest BCUT2D eigenvalue weighted by Gasteiger charge is 2.27. The van der Waals surface area contributed by atoms with Crippen LogP contribution in [0.4, 0.5) is 0 Å². The molecule has 0 aromatic rings. The summed E-state index contributed by atoms with van der Waals surface area (Å²) in [7, 11) is 0. The Kier molecular flexibility index (Phi) is 5.11. The van der Waals surface area contributed by atoms with Gasteiger partial charge in [-0.15, -0.1) is 0 Å². The van der Waals surface area contributed by atoms with E-state index in [1.165, 1.54) is 25.7 Å². The first-order valence-corrected chi connectivity index (χ1v) is 6.80. The van der Waals surface area contributed by atoms with Gasteiger partial charge in [0.1, 0.15) is 0 Å². The van der Waals surface area contributed by atoms with Crippen LogP contribution < -0.4 is 5.32 Å². The van der Waals surface area contributed by atoms with Crippen LogP contribution >= 0.6 is 0 Å². The average molecular weight is 211 g/mol. The highest BCUT2D eigenvalue weighted by molar-refractivity contribution is 4.84. The molecule has 1 heteroatoms. The third-order valence-corrected chi connectivity index (χ3v) is 4.10. The van der Waals surface area contributed by atoms with Crippen molar-refractivity contribution >= 4 is 0 Å². The average Bonchev–Trinajstić information content (AvgIpc) is 2.16. The molecule has 0 amide bonds. The minimum Gasteiger partial charge on any atom is -0.311 e. The van der Waals surface area contributed by atoms with E-state index in [4.69, 9.17) is 0 Å². The van der Waals surface area contributed by atoms with Gasteiger partial charge in [0.25, 0.3) is 0 Å². The maximum atomic E-state index is 3.88. The number of hydrogen-bond donors (Lipinski definition) is 1. The normalized spacial score (nSPS) is 34.4. The van der Waals surface area contributed by atoms with Crippen LogP contribution in [0.2, 0.25) is 0 Å². The fourth-order valence-corrected chi connectivity index (χ4v) is 2.97. The van der Waals surface area contributed by atoms with E-state index < -0.39 is 0 Å². The fourth-order valence-electron chi connectivity index (χ4n) is 2.97. The van der Waals surface area contributed by atoms with E-state index in [9.17, 15) is 0 Å². The Balaban J connectivity index is 2.43. The lowest BCUT2D eigenvalue weighted by molar-refractivity contribution is 0.198. The lowest BCUT2D eigenvalue weighted by Gasteiger charge is -2.37. The molecule has 0 spiro atoms. The molecule has 0 heterocycles. The summed E-state index contributed by atoms with van der Waals surface area (Å²) in [5.74, 6) is 2.57. The summed E-state index contributed by atoms with van der Waals surface area (Å²) in [5.41, 5.74) is 0. The van der Waals surface area contributed by atoms with Gasteiger partial charge in [0.15, 0.2) is 0 Å². The molecule has 0 aliphatic heterocycles. The third-order valence-electron chi connectivity index (χ3n) is 4.10. The fraction of sp³-hybridized carbons (Fsp3) is 1.00. The maximum absolute atomic E-state index is 3.88. The monoisotopic (exact) mass is 211 g/mol. The first-order chi connectivity index (χ1) is 7.04. The van der Waals surface area contributed by atoms with Crippen molar-refractivity contribution in [1.29, 1.82) is 0 Å². The Bertz CT molecular complexity index is 176. The summed E-state index contributed by atoms with van der Waals surface area (Å²) >= 11 is 0. The van der Waals surface area contributed by atoms with Gasteiger partial charge in [0.2, 0.25) is 0 Å². The number of nitrogens with one attached hydrogen (secondary N) is 1. The van der Waals surface area contributed by atoms with Gasteiger partial charge in [-0.05, 0) is 43.4 Å². The van der Waals surface area contributed by atoms with Crippen LogP contribution in [0.3, 0.4) is 0 Å². The van der Waals surface area contributed by atoms with Crippen LogP contribution in [0.5, 0.6) is 0 Å². The highest BCUT2D eigenvalue weighted by atomic mass is 15.0. The quantitative estimate of drug-likeness (QED) is 0.745.